The normalized spacial score (nSPS) is 18.9. The Morgan fingerprint density at radius 2 is 2.05 bits per heavy atom. The van der Waals surface area contributed by atoms with Crippen molar-refractivity contribution < 1.29 is 13.2 Å². The van der Waals surface area contributed by atoms with E-state index < -0.39 is 10.0 Å². The Kier molecular flexibility index (Phi) is 4.73. The number of anilines is 1. The van der Waals surface area contributed by atoms with Gasteiger partial charge in [0.2, 0.25) is 10.0 Å². The number of rotatable bonds is 4. The van der Waals surface area contributed by atoms with Crippen molar-refractivity contribution >= 4 is 31.6 Å². The second kappa shape index (κ2) is 6.01. The van der Waals surface area contributed by atoms with Crippen LogP contribution < -0.4 is 10.5 Å². The van der Waals surface area contributed by atoms with Gasteiger partial charge in [-0.05, 0) is 36.5 Å². The van der Waals surface area contributed by atoms with Gasteiger partial charge in [-0.25, -0.2) is 13.1 Å². The van der Waals surface area contributed by atoms with E-state index in [1.54, 1.807) is 12.1 Å². The molecule has 1 saturated heterocycles. The van der Waals surface area contributed by atoms with Gasteiger partial charge in [0.05, 0.1) is 5.69 Å². The molecule has 112 valence electrons. The molecule has 20 heavy (non-hydrogen) atoms. The van der Waals surface area contributed by atoms with E-state index in [0.717, 1.165) is 12.8 Å². The van der Waals surface area contributed by atoms with Crippen LogP contribution in [0.3, 0.4) is 0 Å². The zero-order valence-corrected chi connectivity index (χ0v) is 13.8. The smallest absolute Gasteiger partial charge is 0.242 e. The molecule has 0 amide bonds. The van der Waals surface area contributed by atoms with Crippen molar-refractivity contribution in [2.75, 3.05) is 25.5 Å². The maximum Gasteiger partial charge on any atom is 0.242 e. The highest BCUT2D eigenvalue weighted by Crippen LogP contribution is 2.30. The monoisotopic (exact) mass is 362 g/mol. The summed E-state index contributed by atoms with van der Waals surface area (Å²) in [5.74, 6) is 0. The largest absolute Gasteiger partial charge is 0.398 e. The summed E-state index contributed by atoms with van der Waals surface area (Å²) in [6, 6.07) is 4.81. The molecule has 1 fully saturated rings. The Morgan fingerprint density at radius 3 is 2.70 bits per heavy atom. The molecule has 1 aliphatic rings. The second-order valence-corrected chi connectivity index (χ2v) is 8.08. The summed E-state index contributed by atoms with van der Waals surface area (Å²) in [5.41, 5.74) is 5.94. The molecule has 1 heterocycles. The van der Waals surface area contributed by atoms with E-state index in [2.05, 4.69) is 27.6 Å². The molecular weight excluding hydrogens is 344 g/mol. The topological polar surface area (TPSA) is 81.4 Å². The first kappa shape index (κ1) is 15.8. The number of nitrogens with one attached hydrogen (secondary N) is 1. The standard InChI is InChI=1S/C13H19BrN2O3S/c1-13(4-6-19-7-5-13)9-16-20(17,18)12-8-10(14)2-3-11(12)15/h2-3,8,16H,4-7,9,15H2,1H3. The van der Waals surface area contributed by atoms with Crippen LogP contribution in [-0.2, 0) is 14.8 Å². The van der Waals surface area contributed by atoms with Crippen LogP contribution in [0.25, 0.3) is 0 Å². The summed E-state index contributed by atoms with van der Waals surface area (Å²) in [6.45, 7) is 3.82. The Morgan fingerprint density at radius 1 is 1.40 bits per heavy atom. The Labute approximate surface area is 128 Å². The molecule has 1 aromatic carbocycles. The Hall–Kier alpha value is -0.630. The number of nitrogen functional groups attached to an aromatic ring is 1. The lowest BCUT2D eigenvalue weighted by Gasteiger charge is -2.33. The van der Waals surface area contributed by atoms with E-state index in [0.29, 0.717) is 24.2 Å². The fourth-order valence-electron chi connectivity index (χ4n) is 2.13. The molecule has 0 unspecified atom stereocenters. The lowest BCUT2D eigenvalue weighted by molar-refractivity contribution is 0.0265. The van der Waals surface area contributed by atoms with Crippen LogP contribution in [-0.4, -0.2) is 28.2 Å². The van der Waals surface area contributed by atoms with E-state index >= 15 is 0 Å². The zero-order chi connectivity index (χ0) is 14.8. The minimum absolute atomic E-state index is 0.0634. The van der Waals surface area contributed by atoms with E-state index in [9.17, 15) is 8.42 Å². The average Bonchev–Trinajstić information content (AvgIpc) is 2.40. The molecule has 0 radical (unpaired) electrons. The highest BCUT2D eigenvalue weighted by molar-refractivity contribution is 9.10. The minimum atomic E-state index is -3.60. The molecular formula is C13H19BrN2O3S. The molecule has 7 heteroatoms. The molecule has 0 spiro atoms. The molecule has 0 atom stereocenters. The first-order chi connectivity index (χ1) is 9.32. The Balaban J connectivity index is 2.13. The van der Waals surface area contributed by atoms with Gasteiger partial charge in [-0.1, -0.05) is 22.9 Å². The number of hydrogen-bond donors (Lipinski definition) is 2. The fraction of sp³-hybridized carbons (Fsp3) is 0.538. The third-order valence-electron chi connectivity index (χ3n) is 3.65. The van der Waals surface area contributed by atoms with Gasteiger partial charge in [-0.15, -0.1) is 0 Å². The SMILES string of the molecule is CC1(CNS(=O)(=O)c2cc(Br)ccc2N)CCOCC1. The van der Waals surface area contributed by atoms with Crippen LogP contribution in [0, 0.1) is 5.41 Å². The average molecular weight is 363 g/mol. The summed E-state index contributed by atoms with van der Waals surface area (Å²) in [5, 5.41) is 0. The van der Waals surface area contributed by atoms with E-state index in [4.69, 9.17) is 10.5 Å². The maximum absolute atomic E-state index is 12.3. The van der Waals surface area contributed by atoms with Gasteiger partial charge in [-0.2, -0.15) is 0 Å². The first-order valence-electron chi connectivity index (χ1n) is 6.45. The van der Waals surface area contributed by atoms with Gasteiger partial charge in [0.1, 0.15) is 4.90 Å². The lowest BCUT2D eigenvalue weighted by Crippen LogP contribution is -2.39. The van der Waals surface area contributed by atoms with E-state index in [1.807, 2.05) is 0 Å². The number of hydrogen-bond acceptors (Lipinski definition) is 4. The van der Waals surface area contributed by atoms with Gasteiger partial charge < -0.3 is 10.5 Å². The predicted molar refractivity (Wildman–Crippen MR) is 81.9 cm³/mol. The number of ether oxygens (including phenoxy) is 1. The van der Waals surface area contributed by atoms with E-state index in [1.165, 1.54) is 6.07 Å². The summed E-state index contributed by atoms with van der Waals surface area (Å²) in [4.78, 5) is 0.113. The van der Waals surface area contributed by atoms with Crippen molar-refractivity contribution in [1.82, 2.24) is 4.72 Å². The second-order valence-electron chi connectivity index (χ2n) is 5.43. The van der Waals surface area contributed by atoms with Crippen molar-refractivity contribution in [2.45, 2.75) is 24.7 Å². The van der Waals surface area contributed by atoms with Gasteiger partial charge in [-0.3, -0.25) is 0 Å². The molecule has 0 aliphatic carbocycles. The number of nitrogens with two attached hydrogens (primary N) is 1. The van der Waals surface area contributed by atoms with Gasteiger partial charge in [0.25, 0.3) is 0 Å². The Bertz CT molecular complexity index is 583. The third-order valence-corrected chi connectivity index (χ3v) is 5.60. The van der Waals surface area contributed by atoms with Crippen molar-refractivity contribution in [2.24, 2.45) is 5.41 Å². The number of benzene rings is 1. The number of sulfonamides is 1. The van der Waals surface area contributed by atoms with Crippen molar-refractivity contribution in [3.05, 3.63) is 22.7 Å². The van der Waals surface area contributed by atoms with Crippen molar-refractivity contribution in [1.29, 1.82) is 0 Å². The van der Waals surface area contributed by atoms with Crippen LogP contribution >= 0.6 is 15.9 Å². The third kappa shape index (κ3) is 3.72. The van der Waals surface area contributed by atoms with Crippen molar-refractivity contribution in [3.63, 3.8) is 0 Å². The lowest BCUT2D eigenvalue weighted by atomic mass is 9.83. The maximum atomic E-state index is 12.3. The molecule has 5 nitrogen and oxygen atoms in total. The summed E-state index contributed by atoms with van der Waals surface area (Å²) >= 11 is 3.26. The minimum Gasteiger partial charge on any atom is -0.398 e. The zero-order valence-electron chi connectivity index (χ0n) is 11.4. The molecule has 3 N–H and O–H groups in total. The van der Waals surface area contributed by atoms with E-state index in [-0.39, 0.29) is 16.0 Å². The molecule has 0 saturated carbocycles. The molecule has 2 rings (SSSR count). The van der Waals surface area contributed by atoms with Gasteiger partial charge in [0.15, 0.2) is 0 Å². The first-order valence-corrected chi connectivity index (χ1v) is 8.72. The van der Waals surface area contributed by atoms with Crippen LogP contribution in [0.2, 0.25) is 0 Å². The summed E-state index contributed by atoms with van der Waals surface area (Å²) in [7, 11) is -3.60. The summed E-state index contributed by atoms with van der Waals surface area (Å²) < 4.78 is 33.4. The fourth-order valence-corrected chi connectivity index (χ4v) is 4.00. The van der Waals surface area contributed by atoms with Crippen molar-refractivity contribution in [3.8, 4) is 0 Å². The van der Waals surface area contributed by atoms with Crippen LogP contribution in [0.15, 0.2) is 27.6 Å². The van der Waals surface area contributed by atoms with Crippen LogP contribution in [0.1, 0.15) is 19.8 Å². The molecule has 0 aromatic heterocycles. The van der Waals surface area contributed by atoms with Gasteiger partial charge in [0, 0.05) is 24.2 Å². The highest BCUT2D eigenvalue weighted by atomic mass is 79.9. The quantitative estimate of drug-likeness (QED) is 0.803. The molecule has 1 aromatic rings. The highest BCUT2D eigenvalue weighted by Gasteiger charge is 2.29. The summed E-state index contributed by atoms with van der Waals surface area (Å²) in [6.07, 6.45) is 1.70. The van der Waals surface area contributed by atoms with Crippen LogP contribution in [0.5, 0.6) is 0 Å². The van der Waals surface area contributed by atoms with Gasteiger partial charge >= 0.3 is 0 Å². The molecule has 0 bridgehead atoms. The molecule has 1 aliphatic heterocycles. The predicted octanol–water partition coefficient (Wildman–Crippen LogP) is 2.13. The van der Waals surface area contributed by atoms with Crippen LogP contribution in [0.4, 0.5) is 5.69 Å². The number of halogens is 1.